The number of hydrogen-bond donors (Lipinski definition) is 0. The molecule has 0 unspecified atom stereocenters. The lowest BCUT2D eigenvalue weighted by molar-refractivity contribution is 0.414. The molecule has 4 rings (SSSR count). The van der Waals surface area contributed by atoms with Crippen molar-refractivity contribution in [2.24, 2.45) is 0 Å². The van der Waals surface area contributed by atoms with Crippen LogP contribution in [0.3, 0.4) is 0 Å². The van der Waals surface area contributed by atoms with Gasteiger partial charge in [-0.05, 0) is 61.2 Å². The first-order chi connectivity index (χ1) is 14.6. The molecule has 0 saturated heterocycles. The monoisotopic (exact) mass is 416 g/mol. The van der Waals surface area contributed by atoms with Gasteiger partial charge in [-0.3, -0.25) is 9.36 Å². The fourth-order valence-electron chi connectivity index (χ4n) is 3.62. The Morgan fingerprint density at radius 2 is 1.63 bits per heavy atom. The van der Waals surface area contributed by atoms with Gasteiger partial charge in [0.1, 0.15) is 5.75 Å². The number of thioether (sulfide) groups is 1. The summed E-state index contributed by atoms with van der Waals surface area (Å²) in [7, 11) is 1.67. The molecule has 30 heavy (non-hydrogen) atoms. The van der Waals surface area contributed by atoms with Gasteiger partial charge in [-0.15, -0.1) is 0 Å². The Morgan fingerprint density at radius 3 is 2.33 bits per heavy atom. The molecule has 4 aromatic rings. The molecule has 0 N–H and O–H groups in total. The largest absolute Gasteiger partial charge is 0.497 e. The van der Waals surface area contributed by atoms with E-state index in [1.54, 1.807) is 23.4 Å². The van der Waals surface area contributed by atoms with Gasteiger partial charge in [0.15, 0.2) is 5.16 Å². The number of ether oxygens (including phenoxy) is 1. The molecular weight excluding hydrogens is 392 g/mol. The molecule has 4 nitrogen and oxygen atoms in total. The summed E-state index contributed by atoms with van der Waals surface area (Å²) in [5.41, 5.74) is 4.98. The summed E-state index contributed by atoms with van der Waals surface area (Å²) in [6.07, 6.45) is 0.879. The van der Waals surface area contributed by atoms with Crippen LogP contribution in [0.15, 0.2) is 76.7 Å². The van der Waals surface area contributed by atoms with Crippen molar-refractivity contribution in [3.8, 4) is 11.4 Å². The number of nitrogens with zero attached hydrogens (tertiary/aromatic N) is 2. The van der Waals surface area contributed by atoms with Crippen LogP contribution in [0.25, 0.3) is 16.6 Å². The van der Waals surface area contributed by atoms with Gasteiger partial charge in [-0.25, -0.2) is 4.98 Å². The summed E-state index contributed by atoms with van der Waals surface area (Å²) in [5.74, 6) is 1.67. The summed E-state index contributed by atoms with van der Waals surface area (Å²) in [6, 6.07) is 21.7. The number of fused-ring (bicyclic) bond motifs is 1. The Balaban J connectivity index is 1.73. The number of aromatic nitrogens is 2. The molecule has 0 aliphatic carbocycles. The molecular formula is C25H24N2O2S. The number of hydrogen-bond acceptors (Lipinski definition) is 4. The van der Waals surface area contributed by atoms with E-state index >= 15 is 0 Å². The molecule has 3 aromatic carbocycles. The number of benzene rings is 3. The molecule has 0 atom stereocenters. The maximum atomic E-state index is 13.5. The Bertz CT molecular complexity index is 1230. The molecule has 5 heteroatoms. The van der Waals surface area contributed by atoms with E-state index in [-0.39, 0.29) is 5.56 Å². The van der Waals surface area contributed by atoms with Crippen LogP contribution in [-0.4, -0.2) is 22.4 Å². The maximum absolute atomic E-state index is 13.5. The summed E-state index contributed by atoms with van der Waals surface area (Å²) in [5, 5.41) is 1.37. The molecule has 1 aromatic heterocycles. The van der Waals surface area contributed by atoms with Crippen LogP contribution in [0.2, 0.25) is 0 Å². The molecule has 0 radical (unpaired) electrons. The van der Waals surface area contributed by atoms with Gasteiger partial charge in [-0.2, -0.15) is 0 Å². The molecule has 0 fully saturated rings. The Kier molecular flexibility index (Phi) is 5.91. The smallest absolute Gasteiger partial charge is 0.266 e. The van der Waals surface area contributed by atoms with Crippen molar-refractivity contribution in [3.63, 3.8) is 0 Å². The fourth-order valence-corrected chi connectivity index (χ4v) is 4.60. The number of rotatable bonds is 6. The lowest BCUT2D eigenvalue weighted by Crippen LogP contribution is -2.23. The van der Waals surface area contributed by atoms with E-state index in [2.05, 4.69) is 12.1 Å². The zero-order valence-corrected chi connectivity index (χ0v) is 18.2. The normalized spacial score (nSPS) is 11.0. The van der Waals surface area contributed by atoms with Gasteiger partial charge in [0.2, 0.25) is 0 Å². The third-order valence-electron chi connectivity index (χ3n) is 5.19. The van der Waals surface area contributed by atoms with E-state index in [1.165, 1.54) is 5.56 Å². The van der Waals surface area contributed by atoms with Gasteiger partial charge in [0, 0.05) is 5.75 Å². The molecule has 0 spiro atoms. The van der Waals surface area contributed by atoms with Gasteiger partial charge in [-0.1, -0.05) is 54.2 Å². The maximum Gasteiger partial charge on any atom is 0.266 e. The zero-order valence-electron chi connectivity index (χ0n) is 17.4. The van der Waals surface area contributed by atoms with Gasteiger partial charge >= 0.3 is 0 Å². The van der Waals surface area contributed by atoms with Crippen LogP contribution >= 0.6 is 11.8 Å². The molecule has 0 saturated carbocycles. The molecule has 0 amide bonds. The van der Waals surface area contributed by atoms with Crippen molar-refractivity contribution in [2.45, 2.75) is 25.4 Å². The minimum atomic E-state index is -0.0232. The quantitative estimate of drug-likeness (QED) is 0.314. The van der Waals surface area contributed by atoms with E-state index in [4.69, 9.17) is 9.72 Å². The van der Waals surface area contributed by atoms with Crippen molar-refractivity contribution >= 4 is 22.7 Å². The molecule has 152 valence electrons. The van der Waals surface area contributed by atoms with Crippen molar-refractivity contribution in [1.29, 1.82) is 0 Å². The van der Waals surface area contributed by atoms with Crippen molar-refractivity contribution < 1.29 is 4.74 Å². The van der Waals surface area contributed by atoms with Gasteiger partial charge < -0.3 is 4.74 Å². The fraction of sp³-hybridized carbons (Fsp3) is 0.200. The standard InChI is InChI=1S/C25H24N2O2S/c1-17-7-6-8-18(2)23(17)27-24(28)21-9-4-5-10-22(21)26-25(27)30-16-15-19-11-13-20(29-3)14-12-19/h4-14H,15-16H2,1-3H3. The zero-order chi connectivity index (χ0) is 21.1. The average molecular weight is 417 g/mol. The Labute approximate surface area is 180 Å². The number of methoxy groups -OCH3 is 1. The summed E-state index contributed by atoms with van der Waals surface area (Å²) in [6.45, 7) is 4.07. The van der Waals surface area contributed by atoms with E-state index in [0.29, 0.717) is 5.39 Å². The SMILES string of the molecule is COc1ccc(CCSc2nc3ccccc3c(=O)n2-c2c(C)cccc2C)cc1. The van der Waals surface area contributed by atoms with Crippen LogP contribution in [-0.2, 0) is 6.42 Å². The minimum absolute atomic E-state index is 0.0232. The molecule has 1 heterocycles. The second-order valence-corrected chi connectivity index (χ2v) is 8.30. The van der Waals surface area contributed by atoms with Crippen LogP contribution in [0.1, 0.15) is 16.7 Å². The van der Waals surface area contributed by atoms with E-state index < -0.39 is 0 Å². The second-order valence-electron chi connectivity index (χ2n) is 7.24. The topological polar surface area (TPSA) is 44.1 Å². The van der Waals surface area contributed by atoms with E-state index in [1.807, 2.05) is 68.4 Å². The highest BCUT2D eigenvalue weighted by Crippen LogP contribution is 2.26. The van der Waals surface area contributed by atoms with Crippen LogP contribution in [0.5, 0.6) is 5.75 Å². The number of para-hydroxylation sites is 2. The Hall–Kier alpha value is -3.05. The first-order valence-corrected chi connectivity index (χ1v) is 10.9. The van der Waals surface area contributed by atoms with Crippen LogP contribution < -0.4 is 10.3 Å². The Morgan fingerprint density at radius 1 is 0.933 bits per heavy atom. The average Bonchev–Trinajstić information content (AvgIpc) is 2.76. The lowest BCUT2D eigenvalue weighted by atomic mass is 10.1. The van der Waals surface area contributed by atoms with Crippen LogP contribution in [0, 0.1) is 13.8 Å². The lowest BCUT2D eigenvalue weighted by Gasteiger charge is -2.17. The summed E-state index contributed by atoms with van der Waals surface area (Å²) >= 11 is 1.61. The first kappa shape index (κ1) is 20.2. The van der Waals surface area contributed by atoms with Crippen molar-refractivity contribution in [3.05, 3.63) is 93.8 Å². The van der Waals surface area contributed by atoms with Crippen molar-refractivity contribution in [2.75, 3.05) is 12.9 Å². The second kappa shape index (κ2) is 8.76. The van der Waals surface area contributed by atoms with E-state index in [9.17, 15) is 4.79 Å². The van der Waals surface area contributed by atoms with E-state index in [0.717, 1.165) is 45.4 Å². The van der Waals surface area contributed by atoms with Crippen LogP contribution in [0.4, 0.5) is 0 Å². The highest BCUT2D eigenvalue weighted by molar-refractivity contribution is 7.99. The molecule has 0 aliphatic heterocycles. The summed E-state index contributed by atoms with van der Waals surface area (Å²) < 4.78 is 7.01. The van der Waals surface area contributed by atoms with Crippen molar-refractivity contribution in [1.82, 2.24) is 9.55 Å². The predicted octanol–water partition coefficient (Wildman–Crippen LogP) is 5.35. The minimum Gasteiger partial charge on any atom is -0.497 e. The van der Waals surface area contributed by atoms with Gasteiger partial charge in [0.25, 0.3) is 5.56 Å². The third-order valence-corrected chi connectivity index (χ3v) is 6.13. The van der Waals surface area contributed by atoms with Gasteiger partial charge in [0.05, 0.1) is 23.7 Å². The highest BCUT2D eigenvalue weighted by Gasteiger charge is 2.16. The summed E-state index contributed by atoms with van der Waals surface area (Å²) in [4.78, 5) is 18.3. The molecule has 0 aliphatic rings. The highest BCUT2D eigenvalue weighted by atomic mass is 32.2. The first-order valence-electron chi connectivity index (χ1n) is 9.92. The number of aryl methyl sites for hydroxylation is 3. The molecule has 0 bridgehead atoms. The third kappa shape index (κ3) is 3.98. The predicted molar refractivity (Wildman–Crippen MR) is 124 cm³/mol.